The summed E-state index contributed by atoms with van der Waals surface area (Å²) in [7, 11) is 0. The second kappa shape index (κ2) is 8.53. The Morgan fingerprint density at radius 3 is 2.30 bits per heavy atom. The molecule has 27 heavy (non-hydrogen) atoms. The minimum Gasteiger partial charge on any atom is -0.297 e. The third kappa shape index (κ3) is 4.77. The Hall–Kier alpha value is -1.72. The largest absolute Gasteiger partial charge is 0.297 e. The van der Waals surface area contributed by atoms with Crippen LogP contribution in [0.5, 0.6) is 0 Å². The fraction of sp³-hybridized carbons (Fsp3) is 0.318. The molecule has 1 fully saturated rings. The maximum Gasteiger partial charge on any atom is 0.123 e. The van der Waals surface area contributed by atoms with Crippen LogP contribution in [0.1, 0.15) is 16.8 Å². The van der Waals surface area contributed by atoms with E-state index in [1.165, 1.54) is 22.4 Å². The molecular formula is C22H24ClN3S. The quantitative estimate of drug-likeness (QED) is 0.597. The van der Waals surface area contributed by atoms with Gasteiger partial charge < -0.3 is 0 Å². The van der Waals surface area contributed by atoms with Gasteiger partial charge in [0.05, 0.1) is 5.69 Å². The van der Waals surface area contributed by atoms with E-state index in [-0.39, 0.29) is 0 Å². The van der Waals surface area contributed by atoms with Crippen molar-refractivity contribution in [2.45, 2.75) is 20.0 Å². The van der Waals surface area contributed by atoms with Gasteiger partial charge in [-0.15, -0.1) is 11.3 Å². The summed E-state index contributed by atoms with van der Waals surface area (Å²) in [4.78, 5) is 9.90. The predicted octanol–water partition coefficient (Wildman–Crippen LogP) is 5.09. The van der Waals surface area contributed by atoms with E-state index >= 15 is 0 Å². The van der Waals surface area contributed by atoms with Crippen molar-refractivity contribution in [2.24, 2.45) is 0 Å². The molecular weight excluding hydrogens is 374 g/mol. The van der Waals surface area contributed by atoms with Gasteiger partial charge >= 0.3 is 0 Å². The SMILES string of the molecule is Cc1ccccc1-c1nc(CN2CCN(Cc3ccc(Cl)cc3)CC2)cs1. The summed E-state index contributed by atoms with van der Waals surface area (Å²) in [5.74, 6) is 0. The van der Waals surface area contributed by atoms with Crippen LogP contribution < -0.4 is 0 Å². The first kappa shape index (κ1) is 18.6. The Morgan fingerprint density at radius 2 is 1.59 bits per heavy atom. The molecule has 1 aromatic heterocycles. The van der Waals surface area contributed by atoms with Gasteiger partial charge in [-0.2, -0.15) is 0 Å². The molecule has 3 aromatic rings. The standard InChI is InChI=1S/C22H24ClN3S/c1-17-4-2-3-5-21(17)22-24-20(16-27-22)15-26-12-10-25(11-13-26)14-18-6-8-19(23)9-7-18/h2-9,16H,10-15H2,1H3. The van der Waals surface area contributed by atoms with Gasteiger partial charge in [0.1, 0.15) is 5.01 Å². The average molecular weight is 398 g/mol. The molecule has 140 valence electrons. The van der Waals surface area contributed by atoms with Crippen LogP contribution in [-0.4, -0.2) is 41.0 Å². The molecule has 4 rings (SSSR count). The number of nitrogens with zero attached hydrogens (tertiary/aromatic N) is 3. The summed E-state index contributed by atoms with van der Waals surface area (Å²) >= 11 is 7.72. The van der Waals surface area contributed by atoms with Crippen molar-refractivity contribution in [1.82, 2.24) is 14.8 Å². The molecule has 1 saturated heterocycles. The monoisotopic (exact) mass is 397 g/mol. The number of piperazine rings is 1. The van der Waals surface area contributed by atoms with Gasteiger partial charge in [0.15, 0.2) is 0 Å². The fourth-order valence-corrected chi connectivity index (χ4v) is 4.53. The van der Waals surface area contributed by atoms with E-state index in [1.807, 2.05) is 12.1 Å². The van der Waals surface area contributed by atoms with Gasteiger partial charge in [0.25, 0.3) is 0 Å². The van der Waals surface area contributed by atoms with Gasteiger partial charge in [-0.25, -0.2) is 4.98 Å². The molecule has 2 heterocycles. The van der Waals surface area contributed by atoms with Gasteiger partial charge in [-0.1, -0.05) is 48.0 Å². The Morgan fingerprint density at radius 1 is 0.926 bits per heavy atom. The lowest BCUT2D eigenvalue weighted by Crippen LogP contribution is -2.45. The Kier molecular flexibility index (Phi) is 5.89. The van der Waals surface area contributed by atoms with Crippen molar-refractivity contribution >= 4 is 22.9 Å². The van der Waals surface area contributed by atoms with Gasteiger partial charge in [0, 0.05) is 55.2 Å². The third-order valence-corrected chi connectivity index (χ3v) is 6.27. The normalized spacial score (nSPS) is 15.9. The van der Waals surface area contributed by atoms with Gasteiger partial charge in [0.2, 0.25) is 0 Å². The van der Waals surface area contributed by atoms with Gasteiger partial charge in [-0.05, 0) is 30.2 Å². The number of thiazole rings is 1. The van der Waals surface area contributed by atoms with Crippen LogP contribution in [0.15, 0.2) is 53.9 Å². The summed E-state index contributed by atoms with van der Waals surface area (Å²) in [6.07, 6.45) is 0. The zero-order valence-electron chi connectivity index (χ0n) is 15.6. The highest BCUT2D eigenvalue weighted by Crippen LogP contribution is 2.27. The number of aryl methyl sites for hydroxylation is 1. The number of halogens is 1. The van der Waals surface area contributed by atoms with Crippen LogP contribution >= 0.6 is 22.9 Å². The van der Waals surface area contributed by atoms with Crippen LogP contribution in [0, 0.1) is 6.92 Å². The molecule has 0 radical (unpaired) electrons. The molecule has 1 aliphatic rings. The number of benzene rings is 2. The van der Waals surface area contributed by atoms with E-state index in [0.29, 0.717) is 0 Å². The van der Waals surface area contributed by atoms with Crippen LogP contribution in [0.4, 0.5) is 0 Å². The minimum atomic E-state index is 0.803. The molecule has 3 nitrogen and oxygen atoms in total. The molecule has 5 heteroatoms. The van der Waals surface area contributed by atoms with Crippen molar-refractivity contribution in [2.75, 3.05) is 26.2 Å². The molecule has 0 amide bonds. The van der Waals surface area contributed by atoms with E-state index in [1.54, 1.807) is 11.3 Å². The summed E-state index contributed by atoms with van der Waals surface area (Å²) < 4.78 is 0. The Balaban J connectivity index is 1.31. The van der Waals surface area contributed by atoms with Crippen molar-refractivity contribution in [3.63, 3.8) is 0 Å². The molecule has 0 bridgehead atoms. The van der Waals surface area contributed by atoms with Crippen molar-refractivity contribution < 1.29 is 0 Å². The third-order valence-electron chi connectivity index (χ3n) is 5.10. The lowest BCUT2D eigenvalue weighted by Gasteiger charge is -2.34. The maximum atomic E-state index is 5.97. The second-order valence-corrected chi connectivity index (χ2v) is 8.43. The van der Waals surface area contributed by atoms with Crippen molar-refractivity contribution in [1.29, 1.82) is 0 Å². The van der Waals surface area contributed by atoms with Crippen LogP contribution in [0.25, 0.3) is 10.6 Å². The Bertz CT molecular complexity index is 883. The van der Waals surface area contributed by atoms with E-state index in [9.17, 15) is 0 Å². The summed E-state index contributed by atoms with van der Waals surface area (Å²) in [5, 5.41) is 4.14. The highest BCUT2D eigenvalue weighted by Gasteiger charge is 2.18. The molecule has 1 aliphatic heterocycles. The highest BCUT2D eigenvalue weighted by molar-refractivity contribution is 7.13. The van der Waals surface area contributed by atoms with Crippen LogP contribution in [0.3, 0.4) is 0 Å². The highest BCUT2D eigenvalue weighted by atomic mass is 35.5. The number of hydrogen-bond donors (Lipinski definition) is 0. The fourth-order valence-electron chi connectivity index (χ4n) is 3.50. The van der Waals surface area contributed by atoms with Crippen LogP contribution in [0.2, 0.25) is 5.02 Å². The number of rotatable bonds is 5. The zero-order chi connectivity index (χ0) is 18.6. The number of hydrogen-bond acceptors (Lipinski definition) is 4. The first-order valence-corrected chi connectivity index (χ1v) is 10.6. The second-order valence-electron chi connectivity index (χ2n) is 7.14. The van der Waals surface area contributed by atoms with Crippen molar-refractivity contribution in [3.8, 4) is 10.6 Å². The average Bonchev–Trinajstić information content (AvgIpc) is 3.14. The summed E-state index contributed by atoms with van der Waals surface area (Å²) in [6, 6.07) is 16.7. The summed E-state index contributed by atoms with van der Waals surface area (Å²) in [5.41, 5.74) is 5.05. The summed E-state index contributed by atoms with van der Waals surface area (Å²) in [6.45, 7) is 8.46. The first-order chi connectivity index (χ1) is 13.2. The van der Waals surface area contributed by atoms with E-state index < -0.39 is 0 Å². The molecule has 0 N–H and O–H groups in total. The van der Waals surface area contributed by atoms with Crippen molar-refractivity contribution in [3.05, 3.63) is 75.8 Å². The van der Waals surface area contributed by atoms with E-state index in [2.05, 4.69) is 58.5 Å². The maximum absolute atomic E-state index is 5.97. The van der Waals surface area contributed by atoms with E-state index in [4.69, 9.17) is 16.6 Å². The molecule has 0 spiro atoms. The topological polar surface area (TPSA) is 19.4 Å². The Labute approximate surface area is 170 Å². The molecule has 0 aliphatic carbocycles. The lowest BCUT2D eigenvalue weighted by atomic mass is 10.1. The lowest BCUT2D eigenvalue weighted by molar-refractivity contribution is 0.121. The molecule has 2 aromatic carbocycles. The van der Waals surface area contributed by atoms with Gasteiger partial charge in [-0.3, -0.25) is 9.80 Å². The predicted molar refractivity (Wildman–Crippen MR) is 114 cm³/mol. The smallest absolute Gasteiger partial charge is 0.123 e. The minimum absolute atomic E-state index is 0.803. The van der Waals surface area contributed by atoms with E-state index in [0.717, 1.165) is 49.3 Å². The molecule has 0 unspecified atom stereocenters. The number of aromatic nitrogens is 1. The molecule has 0 saturated carbocycles. The zero-order valence-corrected chi connectivity index (χ0v) is 17.1. The molecule has 0 atom stereocenters. The van der Waals surface area contributed by atoms with Crippen LogP contribution in [-0.2, 0) is 13.1 Å². The first-order valence-electron chi connectivity index (χ1n) is 9.37.